The molecule has 5 amide bonds. The number of anilines is 3. The number of nitrogens with two attached hydrogens (primary N) is 1. The third-order valence-electron chi connectivity index (χ3n) is 9.09. The molecule has 1 aliphatic heterocycles. The van der Waals surface area contributed by atoms with Gasteiger partial charge in [-0.05, 0) is 149 Å². The highest BCUT2D eigenvalue weighted by molar-refractivity contribution is 5.93. The zero-order valence-corrected chi connectivity index (χ0v) is 43.8. The van der Waals surface area contributed by atoms with E-state index in [2.05, 4.69) is 36.6 Å². The molecule has 1 aromatic rings. The number of hydrogen-bond donors (Lipinski definition) is 7. The Balaban J connectivity index is 2.64. The molecule has 2 heterocycles. The normalized spacial score (nSPS) is 15.8. The Morgan fingerprint density at radius 1 is 0.629 bits per heavy atom. The lowest BCUT2D eigenvalue weighted by atomic mass is 10.0. The lowest BCUT2D eigenvalue weighted by molar-refractivity contribution is -0.171. The van der Waals surface area contributed by atoms with E-state index in [1.807, 2.05) is 0 Å². The fourth-order valence-electron chi connectivity index (χ4n) is 6.49. The maximum atomic E-state index is 14.5. The van der Waals surface area contributed by atoms with E-state index in [1.165, 1.54) is 6.92 Å². The van der Waals surface area contributed by atoms with E-state index in [0.717, 1.165) is 4.90 Å². The highest BCUT2D eigenvalue weighted by atomic mass is 16.6. The van der Waals surface area contributed by atoms with Crippen molar-refractivity contribution in [2.75, 3.05) is 35.6 Å². The zero-order chi connectivity index (χ0) is 53.6. The standard InChI is InChI=1S/C46H79N9O15/c1-26(64-34(57)27(51-39(61)68-44(8,9)10)21-17-19-23-48-37(59)66-42(2,3)4)31(29-25-50-32-30(33(56)54-36(47)53-32)55(29)41(63)70-46(14,15)16)65-35(58)28(52-40(62)69-45(11,12)13)22-18-20-24-49-38(60)67-43(5,6)7/h26-29,31H,17-25H2,1-16H3,(H,48,59)(H,49,60)(H,51,61)(H,52,62)(H4,47,50,53,54,56). The first-order valence-corrected chi connectivity index (χ1v) is 23.4. The number of ether oxygens (including phenoxy) is 7. The minimum atomic E-state index is -1.65. The molecule has 0 fully saturated rings. The zero-order valence-electron chi connectivity index (χ0n) is 43.8. The lowest BCUT2D eigenvalue weighted by Gasteiger charge is -2.42. The molecule has 1 aliphatic rings. The maximum Gasteiger partial charge on any atom is 0.415 e. The largest absolute Gasteiger partial charge is 0.457 e. The molecule has 5 unspecified atom stereocenters. The maximum absolute atomic E-state index is 14.5. The Morgan fingerprint density at radius 3 is 1.44 bits per heavy atom. The molecule has 0 aromatic carbocycles. The van der Waals surface area contributed by atoms with Crippen LogP contribution in [0.5, 0.6) is 0 Å². The summed E-state index contributed by atoms with van der Waals surface area (Å²) in [6.45, 7) is 26.3. The van der Waals surface area contributed by atoms with E-state index in [1.54, 1.807) is 104 Å². The number of amides is 5. The van der Waals surface area contributed by atoms with Gasteiger partial charge in [-0.3, -0.25) is 9.69 Å². The summed E-state index contributed by atoms with van der Waals surface area (Å²) < 4.78 is 39.4. The van der Waals surface area contributed by atoms with Gasteiger partial charge in [0.1, 0.15) is 52.0 Å². The van der Waals surface area contributed by atoms with E-state index in [-0.39, 0.29) is 62.8 Å². The van der Waals surface area contributed by atoms with Gasteiger partial charge in [0.25, 0.3) is 0 Å². The number of esters is 2. The highest BCUT2D eigenvalue weighted by Crippen LogP contribution is 2.32. The number of carbonyl (C=O) groups is 7. The molecule has 0 saturated heterocycles. The van der Waals surface area contributed by atoms with Crippen LogP contribution in [0.25, 0.3) is 0 Å². The van der Waals surface area contributed by atoms with Crippen LogP contribution in [0.3, 0.4) is 0 Å². The molecule has 24 nitrogen and oxygen atoms in total. The SMILES string of the molecule is CC(OC(=O)C(CCCCNC(=O)OC(C)(C)C)NC(=O)OC(C)(C)C)C(OC(=O)C(CCCCNC(=O)OC(C)(C)C)NC(=O)OC(C)(C)C)C1CNc2[nH]c(N)nc(=O)c2N1C(=O)OC(C)(C)C. The van der Waals surface area contributed by atoms with Crippen molar-refractivity contribution in [1.82, 2.24) is 31.2 Å². The van der Waals surface area contributed by atoms with Crippen molar-refractivity contribution in [2.24, 2.45) is 0 Å². The van der Waals surface area contributed by atoms with Crippen molar-refractivity contribution in [3.63, 3.8) is 0 Å². The Bertz CT molecular complexity index is 2030. The molecule has 24 heteroatoms. The first-order valence-electron chi connectivity index (χ1n) is 23.4. The molecule has 8 N–H and O–H groups in total. The van der Waals surface area contributed by atoms with Crippen LogP contribution in [0, 0.1) is 0 Å². The van der Waals surface area contributed by atoms with Crippen LogP contribution in [0.1, 0.15) is 149 Å². The second-order valence-corrected chi connectivity index (χ2v) is 21.7. The quantitative estimate of drug-likeness (QED) is 0.0511. The van der Waals surface area contributed by atoms with Crippen molar-refractivity contribution in [3.05, 3.63) is 10.4 Å². The number of hydrogen-bond acceptors (Lipinski definition) is 18. The summed E-state index contributed by atoms with van der Waals surface area (Å²) in [5.41, 5.74) is 0.0426. The number of aromatic amines is 1. The smallest absolute Gasteiger partial charge is 0.415 e. The van der Waals surface area contributed by atoms with Crippen LogP contribution >= 0.6 is 0 Å². The number of nitrogens with one attached hydrogen (secondary N) is 6. The van der Waals surface area contributed by atoms with Crippen molar-refractivity contribution in [3.8, 4) is 0 Å². The molecule has 0 spiro atoms. The lowest BCUT2D eigenvalue weighted by Crippen LogP contribution is -2.61. The van der Waals surface area contributed by atoms with Crippen molar-refractivity contribution < 1.29 is 66.7 Å². The van der Waals surface area contributed by atoms with Crippen LogP contribution < -0.4 is 42.8 Å². The summed E-state index contributed by atoms with van der Waals surface area (Å²) in [6, 6.07) is -4.16. The molecule has 0 radical (unpaired) electrons. The number of H-pyrrole nitrogens is 1. The Kier molecular flexibility index (Phi) is 21.4. The highest BCUT2D eigenvalue weighted by Gasteiger charge is 2.46. The van der Waals surface area contributed by atoms with Gasteiger partial charge in [-0.25, -0.2) is 33.6 Å². The Morgan fingerprint density at radius 2 is 1.03 bits per heavy atom. The van der Waals surface area contributed by atoms with E-state index in [0.29, 0.717) is 12.8 Å². The van der Waals surface area contributed by atoms with Crippen LogP contribution in [-0.4, -0.2) is 130 Å². The average Bonchev–Trinajstić information content (AvgIpc) is 3.14. The monoisotopic (exact) mass is 998 g/mol. The minimum Gasteiger partial charge on any atom is -0.457 e. The summed E-state index contributed by atoms with van der Waals surface area (Å²) in [5, 5.41) is 13.4. The van der Waals surface area contributed by atoms with E-state index in [9.17, 15) is 38.4 Å². The number of alkyl carbamates (subject to hydrolysis) is 4. The number of rotatable bonds is 18. The number of nitrogens with zero attached hydrogens (tertiary/aromatic N) is 2. The number of unbranched alkanes of at least 4 members (excludes halogenated alkanes) is 2. The molecule has 70 heavy (non-hydrogen) atoms. The molecule has 2 rings (SSSR count). The van der Waals surface area contributed by atoms with Crippen LogP contribution in [0.2, 0.25) is 0 Å². The molecule has 5 atom stereocenters. The third-order valence-corrected chi connectivity index (χ3v) is 9.09. The van der Waals surface area contributed by atoms with Gasteiger partial charge >= 0.3 is 48.0 Å². The summed E-state index contributed by atoms with van der Waals surface area (Å²) in [7, 11) is 0. The van der Waals surface area contributed by atoms with Crippen molar-refractivity contribution in [1.29, 1.82) is 0 Å². The third kappa shape index (κ3) is 22.9. The summed E-state index contributed by atoms with van der Waals surface area (Å²) >= 11 is 0. The Labute approximate surface area is 410 Å². The molecule has 398 valence electrons. The van der Waals surface area contributed by atoms with Gasteiger partial charge in [0.2, 0.25) is 5.95 Å². The molecule has 0 saturated carbocycles. The van der Waals surface area contributed by atoms with E-state index < -0.39 is 106 Å². The summed E-state index contributed by atoms with van der Waals surface area (Å²) in [5.74, 6) is -2.34. The molecule has 0 aliphatic carbocycles. The average molecular weight is 998 g/mol. The second kappa shape index (κ2) is 25.1. The van der Waals surface area contributed by atoms with Gasteiger partial charge in [0.05, 0.1) is 6.04 Å². The first-order chi connectivity index (χ1) is 31.9. The molecular weight excluding hydrogens is 919 g/mol. The van der Waals surface area contributed by atoms with Crippen molar-refractivity contribution >= 4 is 59.9 Å². The minimum absolute atomic E-state index is 0.0124. The van der Waals surface area contributed by atoms with E-state index in [4.69, 9.17) is 38.9 Å². The summed E-state index contributed by atoms with van der Waals surface area (Å²) in [4.78, 5) is 115. The number of nitrogen functional groups attached to an aromatic ring is 1. The van der Waals surface area contributed by atoms with Gasteiger partial charge < -0.3 is 70.5 Å². The first kappa shape index (κ1) is 59.9. The fraction of sp³-hybridized carbons (Fsp3) is 0.761. The van der Waals surface area contributed by atoms with Crippen LogP contribution in [-0.2, 0) is 42.7 Å². The van der Waals surface area contributed by atoms with Crippen LogP contribution in [0.15, 0.2) is 4.79 Å². The number of carbonyl (C=O) groups excluding carboxylic acids is 7. The summed E-state index contributed by atoms with van der Waals surface area (Å²) in [6.07, 6.45) is -6.25. The number of fused-ring (bicyclic) bond motifs is 1. The van der Waals surface area contributed by atoms with Gasteiger partial charge in [0, 0.05) is 19.6 Å². The number of aromatic nitrogens is 2. The van der Waals surface area contributed by atoms with E-state index >= 15 is 0 Å². The molecular formula is C46H79N9O15. The van der Waals surface area contributed by atoms with Gasteiger partial charge in [0.15, 0.2) is 11.8 Å². The second-order valence-electron chi connectivity index (χ2n) is 21.7. The van der Waals surface area contributed by atoms with Gasteiger partial charge in [-0.2, -0.15) is 4.98 Å². The van der Waals surface area contributed by atoms with Crippen LogP contribution in [0.4, 0.5) is 41.4 Å². The predicted octanol–water partition coefficient (Wildman–Crippen LogP) is 5.91. The fourth-order valence-corrected chi connectivity index (χ4v) is 6.49. The topological polar surface area (TPSA) is 319 Å². The Hall–Kier alpha value is -6.23. The van der Waals surface area contributed by atoms with Gasteiger partial charge in [-0.1, -0.05) is 0 Å². The molecule has 0 bridgehead atoms. The van der Waals surface area contributed by atoms with Gasteiger partial charge in [-0.15, -0.1) is 0 Å². The predicted molar refractivity (Wildman–Crippen MR) is 258 cm³/mol. The van der Waals surface area contributed by atoms with Crippen molar-refractivity contribution in [2.45, 2.75) is 208 Å². The molecule has 1 aromatic heterocycles.